The van der Waals surface area contributed by atoms with Crippen LogP contribution in [0.5, 0.6) is 0 Å². The second-order valence-electron chi connectivity index (χ2n) is 6.11. The van der Waals surface area contributed by atoms with Crippen LogP contribution in [-0.2, 0) is 31.6 Å². The van der Waals surface area contributed by atoms with Crippen molar-refractivity contribution in [2.75, 3.05) is 12.4 Å². The standard InChI is InChI=1S/C11H15FIN4O14P3/c12-3-1-2-11(20)6(18)5(28-8(11)17-4-15-9(14)16-10(17)19)7(13)29-33(24,25)31-34(26,27)30-32(21,22)23/h4-8,18,20H,3H2,(H,24,25)(H,26,27)(H2,14,16,19)(H2,21,22,23)/t5-,6?,7?,8+,11+/m0/s1. The quantitative estimate of drug-likeness (QED) is 0.0704. The molecule has 4 unspecified atom stereocenters. The highest BCUT2D eigenvalue weighted by Crippen LogP contribution is 2.67. The molecule has 1 aliphatic rings. The highest BCUT2D eigenvalue weighted by atomic mass is 127. The molecule has 192 valence electrons. The molecular formula is C11H15FIN4O14P3. The van der Waals surface area contributed by atoms with E-state index in [4.69, 9.17) is 20.3 Å². The summed E-state index contributed by atoms with van der Waals surface area (Å²) in [6, 6.07) is 0. The monoisotopic (exact) mass is 666 g/mol. The summed E-state index contributed by atoms with van der Waals surface area (Å²) >= 11 is 1.20. The normalized spacial score (nSPS) is 29.5. The van der Waals surface area contributed by atoms with Crippen LogP contribution in [0.4, 0.5) is 10.3 Å². The largest absolute Gasteiger partial charge is 0.490 e. The first kappa shape index (κ1) is 29.4. The number of anilines is 1. The maximum Gasteiger partial charge on any atom is 0.490 e. The Morgan fingerprint density at radius 2 is 1.91 bits per heavy atom. The van der Waals surface area contributed by atoms with Crippen LogP contribution in [0.2, 0.25) is 0 Å². The minimum absolute atomic E-state index is 0.464. The summed E-state index contributed by atoms with van der Waals surface area (Å²) in [7, 11) is -17.2. The van der Waals surface area contributed by atoms with E-state index in [9.17, 15) is 42.9 Å². The van der Waals surface area contributed by atoms with Crippen molar-refractivity contribution in [3.63, 3.8) is 0 Å². The molecule has 0 amide bonds. The summed E-state index contributed by atoms with van der Waals surface area (Å²) in [5.74, 6) is 3.32. The number of aliphatic hydroxyl groups is 2. The van der Waals surface area contributed by atoms with Crippen LogP contribution >= 0.6 is 46.1 Å². The lowest BCUT2D eigenvalue weighted by molar-refractivity contribution is -0.0780. The van der Waals surface area contributed by atoms with E-state index in [1.54, 1.807) is 0 Å². The molecular weight excluding hydrogens is 651 g/mol. The van der Waals surface area contributed by atoms with Crippen LogP contribution in [0.1, 0.15) is 6.23 Å². The van der Waals surface area contributed by atoms with Crippen LogP contribution in [0.15, 0.2) is 11.1 Å². The Balaban J connectivity index is 2.34. The van der Waals surface area contributed by atoms with Crippen LogP contribution in [-0.4, -0.2) is 72.9 Å². The number of nitrogen functional groups attached to an aromatic ring is 1. The fourth-order valence-corrected chi connectivity index (χ4v) is 6.98. The number of rotatable bonds is 8. The Hall–Kier alpha value is -0.880. The number of ether oxygens (including phenoxy) is 1. The average molecular weight is 666 g/mol. The van der Waals surface area contributed by atoms with Gasteiger partial charge in [-0.3, -0.25) is 9.09 Å². The molecule has 18 nitrogen and oxygen atoms in total. The smallest absolute Gasteiger partial charge is 0.386 e. The molecule has 8 N–H and O–H groups in total. The van der Waals surface area contributed by atoms with Crippen molar-refractivity contribution in [1.82, 2.24) is 14.5 Å². The number of phosphoric ester groups is 1. The third-order valence-electron chi connectivity index (χ3n) is 3.69. The third-order valence-corrected chi connectivity index (χ3v) is 8.87. The Morgan fingerprint density at radius 1 is 1.29 bits per heavy atom. The first-order chi connectivity index (χ1) is 15.4. The van der Waals surface area contributed by atoms with E-state index in [-0.39, 0.29) is 0 Å². The van der Waals surface area contributed by atoms with Crippen LogP contribution < -0.4 is 11.4 Å². The summed E-state index contributed by atoms with van der Waals surface area (Å²) in [6.45, 7) is -1.30. The number of alkyl halides is 2. The van der Waals surface area contributed by atoms with Crippen molar-refractivity contribution in [2.24, 2.45) is 0 Å². The van der Waals surface area contributed by atoms with Gasteiger partial charge in [0, 0.05) is 0 Å². The lowest BCUT2D eigenvalue weighted by atomic mass is 9.94. The van der Waals surface area contributed by atoms with Crippen molar-refractivity contribution in [3.05, 3.63) is 16.8 Å². The molecule has 1 fully saturated rings. The maximum absolute atomic E-state index is 12.6. The van der Waals surface area contributed by atoms with Gasteiger partial charge in [0.15, 0.2) is 11.8 Å². The summed E-state index contributed by atoms with van der Waals surface area (Å²) in [5, 5.41) is 21.4. The van der Waals surface area contributed by atoms with E-state index in [0.717, 1.165) is 6.33 Å². The molecule has 34 heavy (non-hydrogen) atoms. The topological polar surface area (TPSA) is 283 Å². The third kappa shape index (κ3) is 7.32. The SMILES string of the molecule is Nc1ncn([C@@H]2O[C@H](C(I)OP(=O)(O)OP(=O)(O)OP(=O)(O)O)C(O)[C@]2(O)C#CCF)c(=O)n1. The second-order valence-corrected chi connectivity index (χ2v) is 11.7. The molecule has 2 rings (SSSR count). The molecule has 7 atom stereocenters. The van der Waals surface area contributed by atoms with Gasteiger partial charge in [-0.15, -0.1) is 0 Å². The fraction of sp³-hybridized carbons (Fsp3) is 0.545. The summed E-state index contributed by atoms with van der Waals surface area (Å²) in [6.07, 6.45) is -5.24. The van der Waals surface area contributed by atoms with Gasteiger partial charge in [-0.25, -0.2) is 27.9 Å². The van der Waals surface area contributed by atoms with Crippen LogP contribution in [0, 0.1) is 11.8 Å². The number of aliphatic hydroxyl groups excluding tert-OH is 1. The van der Waals surface area contributed by atoms with Gasteiger partial charge in [-0.1, -0.05) is 11.8 Å². The molecule has 1 aromatic rings. The second kappa shape index (κ2) is 10.6. The zero-order valence-electron chi connectivity index (χ0n) is 16.1. The Labute approximate surface area is 201 Å². The number of nitrogens with two attached hydrogens (primary N) is 1. The van der Waals surface area contributed by atoms with Crippen molar-refractivity contribution in [1.29, 1.82) is 0 Å². The van der Waals surface area contributed by atoms with Crippen molar-refractivity contribution in [2.45, 2.75) is 28.1 Å². The van der Waals surface area contributed by atoms with Crippen molar-refractivity contribution < 1.29 is 65.8 Å². The summed E-state index contributed by atoms with van der Waals surface area (Å²) < 4.78 is 62.4. The first-order valence-corrected chi connectivity index (χ1v) is 14.0. The number of aromatic nitrogens is 3. The zero-order valence-corrected chi connectivity index (χ0v) is 20.9. The molecule has 0 bridgehead atoms. The minimum Gasteiger partial charge on any atom is -0.386 e. The van der Waals surface area contributed by atoms with Gasteiger partial charge < -0.3 is 40.3 Å². The first-order valence-electron chi connectivity index (χ1n) is 8.19. The predicted molar refractivity (Wildman–Crippen MR) is 112 cm³/mol. The summed E-state index contributed by atoms with van der Waals surface area (Å²) in [5.41, 5.74) is 1.38. The number of phosphoric acid groups is 3. The van der Waals surface area contributed by atoms with E-state index < -0.39 is 69.9 Å². The Kier molecular flexibility index (Phi) is 9.17. The number of halogens is 2. The molecule has 0 radical (unpaired) electrons. The Morgan fingerprint density at radius 3 is 2.44 bits per heavy atom. The maximum atomic E-state index is 12.6. The number of hydrogen-bond donors (Lipinski definition) is 7. The molecule has 2 heterocycles. The van der Waals surface area contributed by atoms with Crippen molar-refractivity contribution in [3.8, 4) is 11.8 Å². The molecule has 23 heteroatoms. The highest BCUT2D eigenvalue weighted by Gasteiger charge is 2.59. The molecule has 0 aromatic carbocycles. The highest BCUT2D eigenvalue weighted by molar-refractivity contribution is 14.1. The molecule has 1 aliphatic heterocycles. The molecule has 1 saturated heterocycles. The van der Waals surface area contributed by atoms with Crippen LogP contribution in [0.25, 0.3) is 0 Å². The Bertz CT molecular complexity index is 1190. The molecule has 0 aliphatic carbocycles. The van der Waals surface area contributed by atoms with Crippen molar-refractivity contribution >= 4 is 52.0 Å². The number of hydrogen-bond acceptors (Lipinski definition) is 13. The van der Waals surface area contributed by atoms with E-state index in [1.165, 1.54) is 22.6 Å². The number of nitrogens with zero attached hydrogens (tertiary/aromatic N) is 3. The van der Waals surface area contributed by atoms with Crippen LogP contribution in [0.3, 0.4) is 0 Å². The van der Waals surface area contributed by atoms with Gasteiger partial charge in [-0.2, -0.15) is 13.6 Å². The lowest BCUT2D eigenvalue weighted by Gasteiger charge is -2.26. The average Bonchev–Trinajstić information content (AvgIpc) is 2.88. The molecule has 1 aromatic heterocycles. The lowest BCUT2D eigenvalue weighted by Crippen LogP contribution is -2.48. The minimum atomic E-state index is -5.85. The van der Waals surface area contributed by atoms with E-state index in [0.29, 0.717) is 4.57 Å². The van der Waals surface area contributed by atoms with Gasteiger partial charge in [0.1, 0.15) is 29.3 Å². The molecule has 0 spiro atoms. The van der Waals surface area contributed by atoms with E-state index >= 15 is 0 Å². The van der Waals surface area contributed by atoms with Gasteiger partial charge in [0.05, 0.1) is 0 Å². The van der Waals surface area contributed by atoms with Gasteiger partial charge >= 0.3 is 29.2 Å². The molecule has 0 saturated carbocycles. The predicted octanol–water partition coefficient (Wildman–Crippen LogP) is -1.71. The van der Waals surface area contributed by atoms with E-state index in [1.807, 2.05) is 11.8 Å². The van der Waals surface area contributed by atoms with E-state index in [2.05, 4.69) is 23.1 Å². The zero-order chi connectivity index (χ0) is 26.1. The fourth-order valence-electron chi connectivity index (χ4n) is 2.52. The van der Waals surface area contributed by atoms with Gasteiger partial charge in [0.2, 0.25) is 5.95 Å². The van der Waals surface area contributed by atoms with Gasteiger partial charge in [-0.05, 0) is 22.6 Å². The van der Waals surface area contributed by atoms with Gasteiger partial charge in [0.25, 0.3) is 0 Å². The summed E-state index contributed by atoms with van der Waals surface area (Å²) in [4.78, 5) is 54.9.